The highest BCUT2D eigenvalue weighted by atomic mass is 14.5. The molecule has 0 fully saturated rings. The van der Waals surface area contributed by atoms with Crippen molar-refractivity contribution in [3.05, 3.63) is 59.2 Å². The van der Waals surface area contributed by atoms with Crippen LogP contribution in [0.25, 0.3) is 11.1 Å². The van der Waals surface area contributed by atoms with Crippen LogP contribution in [0.1, 0.15) is 36.5 Å². The Morgan fingerprint density at radius 3 is 2.17 bits per heavy atom. The highest BCUT2D eigenvalue weighted by molar-refractivity contribution is 5.67. The van der Waals surface area contributed by atoms with Gasteiger partial charge in [-0.25, -0.2) is 0 Å². The quantitative estimate of drug-likeness (QED) is 0.851. The second-order valence-corrected chi connectivity index (χ2v) is 5.13. The van der Waals surface area contributed by atoms with Crippen molar-refractivity contribution in [2.75, 3.05) is 0 Å². The van der Waals surface area contributed by atoms with E-state index in [2.05, 4.69) is 63.2 Å². The Labute approximate surface area is 110 Å². The van der Waals surface area contributed by atoms with E-state index in [-0.39, 0.29) is 0 Å². The van der Waals surface area contributed by atoms with Crippen molar-refractivity contribution in [1.29, 1.82) is 0 Å². The lowest BCUT2D eigenvalue weighted by Gasteiger charge is -2.10. The molecule has 0 radical (unpaired) electrons. The van der Waals surface area contributed by atoms with Gasteiger partial charge in [-0.15, -0.1) is 0 Å². The molecule has 2 aromatic rings. The van der Waals surface area contributed by atoms with Crippen molar-refractivity contribution in [3.63, 3.8) is 0 Å². The van der Waals surface area contributed by atoms with Gasteiger partial charge in [0.2, 0.25) is 0 Å². The van der Waals surface area contributed by atoms with E-state index in [0.717, 1.165) is 0 Å². The van der Waals surface area contributed by atoms with Gasteiger partial charge in [-0.2, -0.15) is 0 Å². The van der Waals surface area contributed by atoms with Gasteiger partial charge in [-0.3, -0.25) is 0 Å². The van der Waals surface area contributed by atoms with Gasteiger partial charge in [0.25, 0.3) is 0 Å². The largest absolute Gasteiger partial charge is 0.326 e. The van der Waals surface area contributed by atoms with Crippen LogP contribution < -0.4 is 5.73 Å². The Balaban J connectivity index is 2.36. The lowest BCUT2D eigenvalue weighted by molar-refractivity contribution is 0.867. The summed E-state index contributed by atoms with van der Waals surface area (Å²) in [6.45, 7) is 7.19. The maximum atomic E-state index is 5.66. The van der Waals surface area contributed by atoms with E-state index in [1.165, 1.54) is 27.8 Å². The Bertz CT molecular complexity index is 524. The molecule has 0 aliphatic rings. The van der Waals surface area contributed by atoms with E-state index in [4.69, 9.17) is 5.73 Å². The van der Waals surface area contributed by atoms with Crippen LogP contribution >= 0.6 is 0 Å². The summed E-state index contributed by atoms with van der Waals surface area (Å²) in [6.07, 6.45) is 0. The predicted molar refractivity (Wildman–Crippen MR) is 78.6 cm³/mol. The smallest absolute Gasteiger partial charge is 0.0178 e. The Morgan fingerprint density at radius 2 is 1.67 bits per heavy atom. The fourth-order valence-corrected chi connectivity index (χ4v) is 2.22. The summed E-state index contributed by atoms with van der Waals surface area (Å²) in [5.74, 6) is 0.583. The van der Waals surface area contributed by atoms with Crippen molar-refractivity contribution < 1.29 is 0 Å². The van der Waals surface area contributed by atoms with Gasteiger partial charge in [0.1, 0.15) is 0 Å². The first-order valence-corrected chi connectivity index (χ1v) is 6.51. The first kappa shape index (κ1) is 12.8. The molecule has 0 aromatic heterocycles. The molecular formula is C17H21N. The predicted octanol–water partition coefficient (Wildman–Crippen LogP) is 4.24. The third-order valence-corrected chi connectivity index (χ3v) is 3.41. The van der Waals surface area contributed by atoms with Crippen LogP contribution in [0.3, 0.4) is 0 Å². The molecule has 2 aromatic carbocycles. The number of hydrogen-bond acceptors (Lipinski definition) is 1. The summed E-state index contributed by atoms with van der Waals surface area (Å²) >= 11 is 0. The zero-order valence-corrected chi connectivity index (χ0v) is 11.4. The monoisotopic (exact) mass is 239 g/mol. The highest BCUT2D eigenvalue weighted by Crippen LogP contribution is 2.26. The van der Waals surface area contributed by atoms with Crippen LogP contribution in [0.15, 0.2) is 42.5 Å². The average molecular weight is 239 g/mol. The lowest BCUT2D eigenvalue weighted by atomic mass is 9.95. The number of rotatable bonds is 3. The molecule has 1 heteroatoms. The number of benzene rings is 2. The van der Waals surface area contributed by atoms with Crippen molar-refractivity contribution in [1.82, 2.24) is 0 Å². The van der Waals surface area contributed by atoms with E-state index in [0.29, 0.717) is 12.5 Å². The van der Waals surface area contributed by atoms with E-state index in [1.807, 2.05) is 0 Å². The minimum atomic E-state index is 0.583. The molecule has 94 valence electrons. The Hall–Kier alpha value is -1.60. The van der Waals surface area contributed by atoms with E-state index >= 15 is 0 Å². The van der Waals surface area contributed by atoms with Gasteiger partial charge in [0, 0.05) is 6.54 Å². The molecule has 0 saturated carbocycles. The van der Waals surface area contributed by atoms with E-state index < -0.39 is 0 Å². The van der Waals surface area contributed by atoms with Gasteiger partial charge >= 0.3 is 0 Å². The standard InChI is InChI=1S/C17H21N/c1-12(2)15-5-7-16(8-6-15)17-9-4-14(11-18)10-13(17)3/h4-10,12H,11,18H2,1-3H3. The topological polar surface area (TPSA) is 26.0 Å². The van der Waals surface area contributed by atoms with Gasteiger partial charge in [0.05, 0.1) is 0 Å². The Kier molecular flexibility index (Phi) is 3.83. The summed E-state index contributed by atoms with van der Waals surface area (Å²) in [4.78, 5) is 0. The number of aryl methyl sites for hydroxylation is 1. The molecule has 0 saturated heterocycles. The summed E-state index contributed by atoms with van der Waals surface area (Å²) < 4.78 is 0. The zero-order valence-electron chi connectivity index (χ0n) is 11.4. The lowest BCUT2D eigenvalue weighted by Crippen LogP contribution is -1.97. The van der Waals surface area contributed by atoms with Crippen LogP contribution in [0.5, 0.6) is 0 Å². The molecule has 0 aliphatic heterocycles. The van der Waals surface area contributed by atoms with Gasteiger partial charge in [0.15, 0.2) is 0 Å². The molecule has 0 unspecified atom stereocenters. The van der Waals surface area contributed by atoms with Crippen LogP contribution in [0.2, 0.25) is 0 Å². The molecule has 0 bridgehead atoms. The molecule has 0 heterocycles. The number of nitrogens with two attached hydrogens (primary N) is 1. The minimum Gasteiger partial charge on any atom is -0.326 e. The summed E-state index contributed by atoms with van der Waals surface area (Å²) in [6, 6.07) is 15.3. The van der Waals surface area contributed by atoms with Crippen molar-refractivity contribution in [2.24, 2.45) is 5.73 Å². The third kappa shape index (κ3) is 2.62. The SMILES string of the molecule is Cc1cc(CN)ccc1-c1ccc(C(C)C)cc1. The van der Waals surface area contributed by atoms with Crippen molar-refractivity contribution >= 4 is 0 Å². The van der Waals surface area contributed by atoms with Gasteiger partial charge in [-0.05, 0) is 40.7 Å². The maximum Gasteiger partial charge on any atom is 0.0178 e. The van der Waals surface area contributed by atoms with Crippen LogP contribution in [-0.4, -0.2) is 0 Å². The molecule has 0 spiro atoms. The molecule has 0 amide bonds. The van der Waals surface area contributed by atoms with Gasteiger partial charge in [-0.1, -0.05) is 56.3 Å². The summed E-state index contributed by atoms with van der Waals surface area (Å²) in [5, 5.41) is 0. The van der Waals surface area contributed by atoms with E-state index in [9.17, 15) is 0 Å². The summed E-state index contributed by atoms with van der Waals surface area (Å²) in [5.41, 5.74) is 12.1. The van der Waals surface area contributed by atoms with Gasteiger partial charge < -0.3 is 5.73 Å². The normalized spacial score (nSPS) is 10.9. The molecule has 0 aliphatic carbocycles. The maximum absolute atomic E-state index is 5.66. The second kappa shape index (κ2) is 5.36. The Morgan fingerprint density at radius 1 is 1.00 bits per heavy atom. The van der Waals surface area contributed by atoms with Crippen LogP contribution in [-0.2, 0) is 6.54 Å². The van der Waals surface area contributed by atoms with Crippen molar-refractivity contribution in [2.45, 2.75) is 33.2 Å². The zero-order chi connectivity index (χ0) is 13.1. The molecule has 2 rings (SSSR count). The number of hydrogen-bond donors (Lipinski definition) is 1. The molecule has 0 atom stereocenters. The van der Waals surface area contributed by atoms with Crippen LogP contribution in [0, 0.1) is 6.92 Å². The molecule has 18 heavy (non-hydrogen) atoms. The highest BCUT2D eigenvalue weighted by Gasteiger charge is 2.04. The summed E-state index contributed by atoms with van der Waals surface area (Å²) in [7, 11) is 0. The third-order valence-electron chi connectivity index (χ3n) is 3.41. The molecule has 1 nitrogen and oxygen atoms in total. The van der Waals surface area contributed by atoms with Crippen molar-refractivity contribution in [3.8, 4) is 11.1 Å². The van der Waals surface area contributed by atoms with E-state index in [1.54, 1.807) is 0 Å². The fourth-order valence-electron chi connectivity index (χ4n) is 2.22. The first-order chi connectivity index (χ1) is 8.61. The fraction of sp³-hybridized carbons (Fsp3) is 0.294. The minimum absolute atomic E-state index is 0.583. The average Bonchev–Trinajstić information content (AvgIpc) is 2.38. The first-order valence-electron chi connectivity index (χ1n) is 6.51. The second-order valence-electron chi connectivity index (χ2n) is 5.13. The molecular weight excluding hydrogens is 218 g/mol. The molecule has 2 N–H and O–H groups in total. The van der Waals surface area contributed by atoms with Crippen LogP contribution in [0.4, 0.5) is 0 Å².